The highest BCUT2D eigenvalue weighted by Crippen LogP contribution is 2.32. The van der Waals surface area contributed by atoms with E-state index in [2.05, 4.69) is 10.5 Å². The van der Waals surface area contributed by atoms with Crippen LogP contribution in [0.4, 0.5) is 5.69 Å². The van der Waals surface area contributed by atoms with Gasteiger partial charge in [-0.05, 0) is 43.3 Å². The Kier molecular flexibility index (Phi) is 8.61. The van der Waals surface area contributed by atoms with E-state index < -0.39 is 22.5 Å². The van der Waals surface area contributed by atoms with Crippen LogP contribution >= 0.6 is 23.2 Å². The number of hydrogen-bond acceptors (Lipinski definition) is 6. The Bertz CT molecular complexity index is 1350. The highest BCUT2D eigenvalue weighted by molar-refractivity contribution is 7.92. The molecule has 0 spiro atoms. The highest BCUT2D eigenvalue weighted by atomic mass is 35.5. The largest absolute Gasteiger partial charge is 0.493 e. The Morgan fingerprint density at radius 1 is 1.00 bits per heavy atom. The molecule has 184 valence electrons. The van der Waals surface area contributed by atoms with Gasteiger partial charge in [0.15, 0.2) is 11.5 Å². The summed E-state index contributed by atoms with van der Waals surface area (Å²) in [7, 11) is -1.30. The lowest BCUT2D eigenvalue weighted by molar-refractivity contribution is -0.119. The number of aryl methyl sites for hydroxylation is 1. The molecule has 0 heterocycles. The molecule has 0 radical (unpaired) electrons. The molecule has 0 aliphatic heterocycles. The van der Waals surface area contributed by atoms with Gasteiger partial charge < -0.3 is 9.47 Å². The van der Waals surface area contributed by atoms with Gasteiger partial charge in [-0.2, -0.15) is 5.10 Å². The van der Waals surface area contributed by atoms with Crippen molar-refractivity contribution in [1.82, 2.24) is 5.43 Å². The molecule has 3 aromatic carbocycles. The number of carbonyl (C=O) groups excluding carboxylic acids is 1. The number of hydrazone groups is 1. The van der Waals surface area contributed by atoms with Gasteiger partial charge in [-0.15, -0.1) is 0 Å². The second-order valence-corrected chi connectivity index (χ2v) is 10.0. The minimum absolute atomic E-state index is 0.0695. The van der Waals surface area contributed by atoms with Crippen molar-refractivity contribution in [2.45, 2.75) is 11.8 Å². The second-order valence-electron chi connectivity index (χ2n) is 7.32. The van der Waals surface area contributed by atoms with Crippen LogP contribution in [0.3, 0.4) is 0 Å². The molecule has 0 unspecified atom stereocenters. The quantitative estimate of drug-likeness (QED) is 0.317. The highest BCUT2D eigenvalue weighted by Gasteiger charge is 2.28. The zero-order valence-corrected chi connectivity index (χ0v) is 21.5. The van der Waals surface area contributed by atoms with Gasteiger partial charge in [0, 0.05) is 16.7 Å². The first-order valence-corrected chi connectivity index (χ1v) is 12.4. The number of ether oxygens (including phenoxy) is 2. The van der Waals surface area contributed by atoms with Gasteiger partial charge in [0.05, 0.1) is 36.0 Å². The number of anilines is 1. The number of hydrogen-bond donors (Lipinski definition) is 1. The third kappa shape index (κ3) is 6.45. The summed E-state index contributed by atoms with van der Waals surface area (Å²) < 4.78 is 38.6. The lowest BCUT2D eigenvalue weighted by atomic mass is 10.2. The predicted molar refractivity (Wildman–Crippen MR) is 137 cm³/mol. The van der Waals surface area contributed by atoms with E-state index in [1.165, 1.54) is 38.6 Å². The van der Waals surface area contributed by atoms with Crippen molar-refractivity contribution in [3.63, 3.8) is 0 Å². The van der Waals surface area contributed by atoms with Gasteiger partial charge in [0.25, 0.3) is 15.9 Å². The fourth-order valence-corrected chi connectivity index (χ4v) is 4.97. The summed E-state index contributed by atoms with van der Waals surface area (Å²) in [4.78, 5) is 12.6. The lowest BCUT2D eigenvalue weighted by Crippen LogP contribution is -2.39. The molecular formula is C24H23Cl2N3O5S. The van der Waals surface area contributed by atoms with Crippen molar-refractivity contribution in [3.8, 4) is 11.5 Å². The number of amides is 1. The first-order chi connectivity index (χ1) is 16.6. The molecule has 8 nitrogen and oxygen atoms in total. The molecule has 1 amide bonds. The molecule has 0 fully saturated rings. The van der Waals surface area contributed by atoms with Gasteiger partial charge in [-0.25, -0.2) is 13.8 Å². The molecule has 3 rings (SSSR count). The smallest absolute Gasteiger partial charge is 0.264 e. The Hall–Kier alpha value is -3.27. The van der Waals surface area contributed by atoms with Crippen LogP contribution in [0.1, 0.15) is 11.1 Å². The fourth-order valence-electron chi connectivity index (χ4n) is 3.08. The summed E-state index contributed by atoms with van der Waals surface area (Å²) in [6.45, 7) is 1.35. The number of benzene rings is 3. The Balaban J connectivity index is 1.89. The maximum Gasteiger partial charge on any atom is 0.264 e. The normalized spacial score (nSPS) is 11.3. The number of carbonyl (C=O) groups is 1. The van der Waals surface area contributed by atoms with Crippen molar-refractivity contribution in [1.29, 1.82) is 0 Å². The Morgan fingerprint density at radius 2 is 1.69 bits per heavy atom. The van der Waals surface area contributed by atoms with E-state index in [0.29, 0.717) is 27.0 Å². The fraction of sp³-hybridized carbons (Fsp3) is 0.167. The molecule has 3 aromatic rings. The van der Waals surface area contributed by atoms with Crippen molar-refractivity contribution < 1.29 is 22.7 Å². The predicted octanol–water partition coefficient (Wildman–Crippen LogP) is 4.66. The summed E-state index contributed by atoms with van der Waals surface area (Å²) in [6.07, 6.45) is 1.34. The van der Waals surface area contributed by atoms with E-state index in [-0.39, 0.29) is 10.6 Å². The van der Waals surface area contributed by atoms with Crippen molar-refractivity contribution >= 4 is 51.0 Å². The molecule has 0 aromatic heterocycles. The van der Waals surface area contributed by atoms with Gasteiger partial charge in [-0.1, -0.05) is 47.0 Å². The zero-order valence-electron chi connectivity index (χ0n) is 19.2. The SMILES string of the molecule is COc1ccc(S(=O)(=O)N(CC(=O)N/N=C\c2ccc(Cl)cc2Cl)c2ccc(C)cc2)cc1OC. The van der Waals surface area contributed by atoms with E-state index in [0.717, 1.165) is 9.87 Å². The number of nitrogens with zero attached hydrogens (tertiary/aromatic N) is 2. The molecule has 0 aliphatic rings. The van der Waals surface area contributed by atoms with E-state index in [4.69, 9.17) is 32.7 Å². The first kappa shape index (κ1) is 26.3. The van der Waals surface area contributed by atoms with E-state index >= 15 is 0 Å². The molecule has 11 heteroatoms. The van der Waals surface area contributed by atoms with Crippen LogP contribution in [0, 0.1) is 6.92 Å². The zero-order chi connectivity index (χ0) is 25.6. The summed E-state index contributed by atoms with van der Waals surface area (Å²) in [6, 6.07) is 15.8. The third-order valence-corrected chi connectivity index (χ3v) is 7.24. The van der Waals surface area contributed by atoms with Crippen molar-refractivity contribution in [3.05, 3.63) is 81.8 Å². The standard InChI is InChI=1S/C24H23Cl2N3O5S/c1-16-4-8-19(9-5-16)29(35(31,32)20-10-11-22(33-2)23(13-20)34-3)15-24(30)28-27-14-17-6-7-18(25)12-21(17)26/h4-14H,15H2,1-3H3,(H,28,30)/b27-14-. The minimum Gasteiger partial charge on any atom is -0.493 e. The lowest BCUT2D eigenvalue weighted by Gasteiger charge is -2.24. The maximum absolute atomic E-state index is 13.6. The maximum atomic E-state index is 13.6. The molecule has 1 N–H and O–H groups in total. The summed E-state index contributed by atoms with van der Waals surface area (Å²) >= 11 is 12.0. The van der Waals surface area contributed by atoms with Crippen LogP contribution in [0.25, 0.3) is 0 Å². The molecule has 0 saturated heterocycles. The third-order valence-electron chi connectivity index (χ3n) is 4.91. The molecule has 35 heavy (non-hydrogen) atoms. The molecule has 0 saturated carbocycles. The Morgan fingerprint density at radius 3 is 2.31 bits per heavy atom. The van der Waals surface area contributed by atoms with Crippen molar-refractivity contribution in [2.24, 2.45) is 5.10 Å². The van der Waals surface area contributed by atoms with Gasteiger partial charge in [0.1, 0.15) is 6.54 Å². The van der Waals surface area contributed by atoms with Gasteiger partial charge in [0.2, 0.25) is 0 Å². The summed E-state index contributed by atoms with van der Waals surface area (Å²) in [5.41, 5.74) is 4.12. The average molecular weight is 536 g/mol. The average Bonchev–Trinajstić information content (AvgIpc) is 2.84. The van der Waals surface area contributed by atoms with Crippen LogP contribution in [0.5, 0.6) is 11.5 Å². The number of halogens is 2. The van der Waals surface area contributed by atoms with Gasteiger partial charge in [-0.3, -0.25) is 9.10 Å². The molecule has 0 atom stereocenters. The van der Waals surface area contributed by atoms with Crippen molar-refractivity contribution in [2.75, 3.05) is 25.1 Å². The Labute approximate surface area is 214 Å². The van der Waals surface area contributed by atoms with Crippen LogP contribution in [0.15, 0.2) is 70.7 Å². The summed E-state index contributed by atoms with van der Waals surface area (Å²) in [5, 5.41) is 4.71. The van der Waals surface area contributed by atoms with E-state index in [1.807, 2.05) is 6.92 Å². The first-order valence-electron chi connectivity index (χ1n) is 10.2. The van der Waals surface area contributed by atoms with Gasteiger partial charge >= 0.3 is 0 Å². The number of methoxy groups -OCH3 is 2. The summed E-state index contributed by atoms with van der Waals surface area (Å²) in [5.74, 6) is -0.0384. The molecule has 0 aliphatic carbocycles. The van der Waals surface area contributed by atoms with Crippen LogP contribution < -0.4 is 19.2 Å². The topological polar surface area (TPSA) is 97.3 Å². The monoisotopic (exact) mass is 535 g/mol. The van der Waals surface area contributed by atoms with E-state index in [9.17, 15) is 13.2 Å². The minimum atomic E-state index is -4.16. The number of sulfonamides is 1. The van der Waals surface area contributed by atoms with Crippen LogP contribution in [-0.4, -0.2) is 41.3 Å². The van der Waals surface area contributed by atoms with E-state index in [1.54, 1.807) is 42.5 Å². The molecular weight excluding hydrogens is 513 g/mol. The van der Waals surface area contributed by atoms with Crippen LogP contribution in [-0.2, 0) is 14.8 Å². The van der Waals surface area contributed by atoms with Crippen LogP contribution in [0.2, 0.25) is 10.0 Å². The number of rotatable bonds is 9. The second kappa shape index (κ2) is 11.4. The number of nitrogens with one attached hydrogen (secondary N) is 1. The molecule has 0 bridgehead atoms.